The topological polar surface area (TPSA) is 71.2 Å². The molecule has 0 aliphatic heterocycles. The minimum absolute atomic E-state index is 0.0159. The van der Waals surface area contributed by atoms with Gasteiger partial charge < -0.3 is 10.0 Å². The van der Waals surface area contributed by atoms with E-state index in [1.54, 1.807) is 4.68 Å². The van der Waals surface area contributed by atoms with Crippen LogP contribution in [0.1, 0.15) is 10.5 Å². The number of carboxylic acid groups (broad SMARTS) is 1. The minimum atomic E-state index is -1.05. The molecule has 0 aliphatic rings. The van der Waals surface area contributed by atoms with Crippen molar-refractivity contribution in [3.63, 3.8) is 0 Å². The zero-order valence-corrected chi connectivity index (χ0v) is 16.2. The Kier molecular flexibility index (Phi) is 4.67. The third-order valence-electron chi connectivity index (χ3n) is 4.29. The van der Waals surface area contributed by atoms with Gasteiger partial charge in [0.25, 0.3) is 0 Å². The predicted octanol–water partition coefficient (Wildman–Crippen LogP) is 4.43. The Labute approximate surface area is 166 Å². The molecule has 2 aromatic carbocycles. The Balaban J connectivity index is 2.02. The molecule has 0 unspecified atom stereocenters. The van der Waals surface area contributed by atoms with Crippen molar-refractivity contribution < 1.29 is 9.90 Å². The first-order valence-corrected chi connectivity index (χ1v) is 9.54. The fraction of sp³-hybridized carbons (Fsp3) is 0.0952. The number of anilines is 1. The Hall–Kier alpha value is -3.45. The van der Waals surface area contributed by atoms with E-state index in [1.165, 1.54) is 16.7 Å². The Morgan fingerprint density at radius 1 is 1.00 bits per heavy atom. The highest BCUT2D eigenvalue weighted by atomic mass is 32.1. The molecule has 0 aliphatic carbocycles. The molecule has 0 bridgehead atoms. The summed E-state index contributed by atoms with van der Waals surface area (Å²) in [5.41, 5.74) is 4.61. The molecule has 6 nitrogen and oxygen atoms in total. The number of carbonyl (C=O) groups is 1. The first-order chi connectivity index (χ1) is 13.6. The highest BCUT2D eigenvalue weighted by Gasteiger charge is 2.24. The van der Waals surface area contributed by atoms with Crippen molar-refractivity contribution in [1.29, 1.82) is 0 Å². The SMILES string of the molecule is CN(C)c1c(-c2ccccc2)nn(-c2nc(C(=O)O)cs2)c1-c1ccccc1. The van der Waals surface area contributed by atoms with Gasteiger partial charge in [-0.3, -0.25) is 0 Å². The lowest BCUT2D eigenvalue weighted by molar-refractivity contribution is 0.0691. The summed E-state index contributed by atoms with van der Waals surface area (Å²) >= 11 is 1.26. The van der Waals surface area contributed by atoms with Crippen LogP contribution in [0.4, 0.5) is 5.69 Å². The maximum atomic E-state index is 11.3. The van der Waals surface area contributed by atoms with Crippen molar-refractivity contribution in [1.82, 2.24) is 14.8 Å². The maximum absolute atomic E-state index is 11.3. The third kappa shape index (κ3) is 3.16. The van der Waals surface area contributed by atoms with Crippen LogP contribution in [-0.2, 0) is 0 Å². The quantitative estimate of drug-likeness (QED) is 0.546. The molecule has 0 fully saturated rings. The van der Waals surface area contributed by atoms with Crippen LogP contribution in [0.5, 0.6) is 0 Å². The highest BCUT2D eigenvalue weighted by molar-refractivity contribution is 7.12. The number of rotatable bonds is 5. The molecule has 0 amide bonds. The number of aromatic carboxylic acids is 1. The summed E-state index contributed by atoms with van der Waals surface area (Å²) in [5.74, 6) is -1.05. The van der Waals surface area contributed by atoms with Crippen molar-refractivity contribution in [3.8, 4) is 27.6 Å². The fourth-order valence-corrected chi connectivity index (χ4v) is 3.83. The van der Waals surface area contributed by atoms with E-state index in [0.29, 0.717) is 5.13 Å². The van der Waals surface area contributed by atoms with Crippen molar-refractivity contribution in [2.75, 3.05) is 19.0 Å². The average molecular weight is 390 g/mol. The van der Waals surface area contributed by atoms with Crippen molar-refractivity contribution >= 4 is 23.0 Å². The standard InChI is InChI=1S/C21H18N4O2S/c1-24(2)19-17(14-9-5-3-6-10-14)23-25(18(19)15-11-7-4-8-12-15)21-22-16(13-28-21)20(26)27/h3-13H,1-2H3,(H,26,27). The Morgan fingerprint density at radius 3 is 2.14 bits per heavy atom. The zero-order chi connectivity index (χ0) is 19.7. The summed E-state index contributed by atoms with van der Waals surface area (Å²) in [7, 11) is 3.95. The summed E-state index contributed by atoms with van der Waals surface area (Å²) in [6, 6.07) is 19.9. The van der Waals surface area contributed by atoms with Gasteiger partial charge in [-0.2, -0.15) is 5.10 Å². The highest BCUT2D eigenvalue weighted by Crippen LogP contribution is 2.40. The maximum Gasteiger partial charge on any atom is 0.355 e. The second kappa shape index (κ2) is 7.28. The first kappa shape index (κ1) is 17.9. The average Bonchev–Trinajstić information content (AvgIpc) is 3.34. The summed E-state index contributed by atoms with van der Waals surface area (Å²) in [6.07, 6.45) is 0. The summed E-state index contributed by atoms with van der Waals surface area (Å²) in [5, 5.41) is 16.2. The van der Waals surface area contributed by atoms with Gasteiger partial charge in [0.2, 0.25) is 5.13 Å². The molecule has 4 rings (SSSR count). The number of aromatic nitrogens is 3. The zero-order valence-electron chi connectivity index (χ0n) is 15.4. The molecule has 0 saturated heterocycles. The molecule has 2 heterocycles. The second-order valence-corrected chi connectivity index (χ2v) is 7.24. The first-order valence-electron chi connectivity index (χ1n) is 8.66. The van der Waals surface area contributed by atoms with E-state index in [2.05, 4.69) is 4.98 Å². The molecule has 0 saturated carbocycles. The fourth-order valence-electron chi connectivity index (χ4n) is 3.08. The Morgan fingerprint density at radius 2 is 1.61 bits per heavy atom. The lowest BCUT2D eigenvalue weighted by Gasteiger charge is -2.16. The molecular weight excluding hydrogens is 372 g/mol. The number of nitrogens with zero attached hydrogens (tertiary/aromatic N) is 4. The molecule has 2 aromatic heterocycles. The van der Waals surface area contributed by atoms with E-state index in [1.807, 2.05) is 79.7 Å². The summed E-state index contributed by atoms with van der Waals surface area (Å²) < 4.78 is 1.74. The van der Waals surface area contributed by atoms with Crippen LogP contribution >= 0.6 is 11.3 Å². The lowest BCUT2D eigenvalue weighted by atomic mass is 10.1. The van der Waals surface area contributed by atoms with Gasteiger partial charge >= 0.3 is 5.97 Å². The Bertz CT molecular complexity index is 1120. The smallest absolute Gasteiger partial charge is 0.355 e. The van der Waals surface area contributed by atoms with Gasteiger partial charge in [-0.25, -0.2) is 14.5 Å². The molecule has 28 heavy (non-hydrogen) atoms. The minimum Gasteiger partial charge on any atom is -0.476 e. The number of hydrogen-bond acceptors (Lipinski definition) is 5. The molecule has 0 atom stereocenters. The normalized spacial score (nSPS) is 10.8. The van der Waals surface area contributed by atoms with Crippen LogP contribution in [-0.4, -0.2) is 39.9 Å². The molecule has 140 valence electrons. The molecule has 0 spiro atoms. The number of benzene rings is 2. The molecular formula is C21H18N4O2S. The lowest BCUT2D eigenvalue weighted by Crippen LogP contribution is -2.11. The summed E-state index contributed by atoms with van der Waals surface area (Å²) in [6.45, 7) is 0. The monoisotopic (exact) mass is 390 g/mol. The number of thiazole rings is 1. The van der Waals surface area contributed by atoms with E-state index >= 15 is 0 Å². The molecule has 4 aromatic rings. The van der Waals surface area contributed by atoms with Gasteiger partial charge in [0, 0.05) is 30.6 Å². The van der Waals surface area contributed by atoms with Crippen LogP contribution in [0.3, 0.4) is 0 Å². The van der Waals surface area contributed by atoms with E-state index in [9.17, 15) is 9.90 Å². The molecule has 7 heteroatoms. The largest absolute Gasteiger partial charge is 0.476 e. The predicted molar refractivity (Wildman–Crippen MR) is 111 cm³/mol. The molecule has 1 N–H and O–H groups in total. The van der Waals surface area contributed by atoms with Crippen LogP contribution in [0, 0.1) is 0 Å². The van der Waals surface area contributed by atoms with Crippen molar-refractivity contribution in [3.05, 3.63) is 71.7 Å². The van der Waals surface area contributed by atoms with Gasteiger partial charge in [0.05, 0.1) is 5.69 Å². The van der Waals surface area contributed by atoms with E-state index in [0.717, 1.165) is 28.2 Å². The van der Waals surface area contributed by atoms with Crippen LogP contribution in [0.25, 0.3) is 27.6 Å². The van der Waals surface area contributed by atoms with Gasteiger partial charge in [-0.15, -0.1) is 11.3 Å². The van der Waals surface area contributed by atoms with Gasteiger partial charge in [0.1, 0.15) is 11.4 Å². The van der Waals surface area contributed by atoms with Crippen molar-refractivity contribution in [2.45, 2.75) is 0 Å². The van der Waals surface area contributed by atoms with Crippen LogP contribution in [0.15, 0.2) is 66.0 Å². The van der Waals surface area contributed by atoms with Gasteiger partial charge in [-0.05, 0) is 0 Å². The second-order valence-electron chi connectivity index (χ2n) is 6.40. The van der Waals surface area contributed by atoms with E-state index < -0.39 is 5.97 Å². The van der Waals surface area contributed by atoms with Crippen molar-refractivity contribution in [2.24, 2.45) is 0 Å². The number of hydrogen-bond donors (Lipinski definition) is 1. The number of carboxylic acids is 1. The van der Waals surface area contributed by atoms with Gasteiger partial charge in [-0.1, -0.05) is 60.7 Å². The summed E-state index contributed by atoms with van der Waals surface area (Å²) in [4.78, 5) is 17.6. The van der Waals surface area contributed by atoms with Crippen LogP contribution < -0.4 is 4.90 Å². The van der Waals surface area contributed by atoms with E-state index in [4.69, 9.17) is 5.10 Å². The molecule has 0 radical (unpaired) electrons. The third-order valence-corrected chi connectivity index (χ3v) is 5.11. The van der Waals surface area contributed by atoms with Crippen LogP contribution in [0.2, 0.25) is 0 Å². The van der Waals surface area contributed by atoms with Gasteiger partial charge in [0.15, 0.2) is 5.69 Å². The van der Waals surface area contributed by atoms with E-state index in [-0.39, 0.29) is 5.69 Å².